The summed E-state index contributed by atoms with van der Waals surface area (Å²) in [7, 11) is 0. The Morgan fingerprint density at radius 1 is 1.12 bits per heavy atom. The molecule has 2 aromatic rings. The molecule has 0 N–H and O–H groups in total. The van der Waals surface area contributed by atoms with Gasteiger partial charge in [0.25, 0.3) is 5.69 Å². The maximum absolute atomic E-state index is 10.8. The van der Waals surface area contributed by atoms with Gasteiger partial charge in [0.1, 0.15) is 0 Å². The van der Waals surface area contributed by atoms with E-state index in [9.17, 15) is 10.1 Å². The zero-order chi connectivity index (χ0) is 11.7. The van der Waals surface area contributed by atoms with Gasteiger partial charge in [0.2, 0.25) is 0 Å². The fourth-order valence-corrected chi connectivity index (χ4v) is 1.76. The molecule has 0 fully saturated rings. The monoisotopic (exact) mass is 216 g/mol. The molecule has 1 heterocycles. The van der Waals surface area contributed by atoms with Gasteiger partial charge in [-0.05, 0) is 37.6 Å². The van der Waals surface area contributed by atoms with Crippen LogP contribution in [0.2, 0.25) is 0 Å². The minimum Gasteiger partial charge on any atom is -0.324 e. The molecule has 0 radical (unpaired) electrons. The summed E-state index contributed by atoms with van der Waals surface area (Å²) in [5, 5.41) is 10.8. The molecule has 1 aromatic carbocycles. The fraction of sp³-hybridized carbons (Fsp3) is 0.167. The molecular formula is C12H12N2O2. The Kier molecular flexibility index (Phi) is 2.48. The molecule has 0 aliphatic heterocycles. The fourth-order valence-electron chi connectivity index (χ4n) is 1.76. The number of hydrogen-bond acceptors (Lipinski definition) is 2. The van der Waals surface area contributed by atoms with Crippen molar-refractivity contribution in [2.75, 3.05) is 0 Å². The second kappa shape index (κ2) is 3.81. The first-order valence-corrected chi connectivity index (χ1v) is 4.98. The summed E-state index contributed by atoms with van der Waals surface area (Å²) in [5.41, 5.74) is 2.73. The van der Waals surface area contributed by atoms with Crippen molar-refractivity contribution in [3.63, 3.8) is 0 Å². The van der Waals surface area contributed by atoms with Gasteiger partial charge in [-0.1, -0.05) is 0 Å². The predicted molar refractivity (Wildman–Crippen MR) is 61.9 cm³/mol. The zero-order valence-electron chi connectivity index (χ0n) is 9.18. The van der Waals surface area contributed by atoms with E-state index >= 15 is 0 Å². The Labute approximate surface area is 93.3 Å². The summed E-state index contributed by atoms with van der Waals surface area (Å²) in [4.78, 5) is 10.4. The number of aromatic nitrogens is 1. The van der Waals surface area contributed by atoms with Gasteiger partial charge in [-0.15, -0.1) is 0 Å². The van der Waals surface area contributed by atoms with E-state index in [1.807, 2.05) is 42.1 Å². The van der Waals surface area contributed by atoms with Gasteiger partial charge >= 0.3 is 0 Å². The van der Waals surface area contributed by atoms with Gasteiger partial charge in [0, 0.05) is 29.7 Å². The standard InChI is InChI=1S/C12H12N2O2/c1-9-8-12(14(15)16)10(2)7-11(9)13-5-3-4-6-13/h3-8H,1-2H3. The largest absolute Gasteiger partial charge is 0.324 e. The molecule has 0 saturated carbocycles. The molecule has 0 spiro atoms. The van der Waals surface area contributed by atoms with Crippen LogP contribution in [0.5, 0.6) is 0 Å². The average Bonchev–Trinajstić information content (AvgIpc) is 2.73. The SMILES string of the molecule is Cc1cc([N+](=O)[O-])c(C)cc1-n1cccc1. The van der Waals surface area contributed by atoms with Gasteiger partial charge in [-0.2, -0.15) is 0 Å². The van der Waals surface area contributed by atoms with Gasteiger partial charge < -0.3 is 4.57 Å². The van der Waals surface area contributed by atoms with Crippen LogP contribution in [0.15, 0.2) is 36.7 Å². The molecule has 0 aliphatic rings. The van der Waals surface area contributed by atoms with Crippen LogP contribution in [0, 0.1) is 24.0 Å². The number of nitro benzene ring substituents is 1. The molecule has 0 aliphatic carbocycles. The van der Waals surface area contributed by atoms with E-state index in [0.29, 0.717) is 5.56 Å². The van der Waals surface area contributed by atoms with Gasteiger partial charge in [0.15, 0.2) is 0 Å². The van der Waals surface area contributed by atoms with Crippen LogP contribution in [0.3, 0.4) is 0 Å². The van der Waals surface area contributed by atoms with Crippen molar-refractivity contribution in [3.05, 3.63) is 57.9 Å². The maximum Gasteiger partial charge on any atom is 0.272 e. The van der Waals surface area contributed by atoms with Crippen molar-refractivity contribution in [2.45, 2.75) is 13.8 Å². The first kappa shape index (κ1) is 10.4. The molecule has 1 aromatic heterocycles. The second-order valence-electron chi connectivity index (χ2n) is 3.77. The number of nitrogens with zero attached hydrogens (tertiary/aromatic N) is 2. The summed E-state index contributed by atoms with van der Waals surface area (Å²) >= 11 is 0. The normalized spacial score (nSPS) is 10.4. The topological polar surface area (TPSA) is 48.1 Å². The zero-order valence-corrected chi connectivity index (χ0v) is 9.18. The van der Waals surface area contributed by atoms with E-state index in [4.69, 9.17) is 0 Å². The van der Waals surface area contributed by atoms with Crippen LogP contribution in [0.4, 0.5) is 5.69 Å². The van der Waals surface area contributed by atoms with Crippen molar-refractivity contribution in [2.24, 2.45) is 0 Å². The van der Waals surface area contributed by atoms with E-state index in [0.717, 1.165) is 11.3 Å². The third kappa shape index (κ3) is 1.69. The van der Waals surface area contributed by atoms with Crippen molar-refractivity contribution in [1.29, 1.82) is 0 Å². The highest BCUT2D eigenvalue weighted by Gasteiger charge is 2.13. The summed E-state index contributed by atoms with van der Waals surface area (Å²) in [6.07, 6.45) is 3.85. The minimum atomic E-state index is -0.345. The number of benzene rings is 1. The molecule has 16 heavy (non-hydrogen) atoms. The Bertz CT molecular complexity index is 530. The molecule has 2 rings (SSSR count). The third-order valence-corrected chi connectivity index (χ3v) is 2.59. The second-order valence-corrected chi connectivity index (χ2v) is 3.77. The molecule has 0 bridgehead atoms. The molecular weight excluding hydrogens is 204 g/mol. The van der Waals surface area contributed by atoms with Crippen LogP contribution >= 0.6 is 0 Å². The van der Waals surface area contributed by atoms with Crippen LogP contribution in [-0.2, 0) is 0 Å². The van der Waals surface area contributed by atoms with Crippen LogP contribution in [-0.4, -0.2) is 9.49 Å². The van der Waals surface area contributed by atoms with Gasteiger partial charge in [-0.25, -0.2) is 0 Å². The van der Waals surface area contributed by atoms with Crippen LogP contribution in [0.1, 0.15) is 11.1 Å². The molecule has 82 valence electrons. The van der Waals surface area contributed by atoms with Crippen LogP contribution in [0.25, 0.3) is 5.69 Å². The van der Waals surface area contributed by atoms with Gasteiger partial charge in [-0.3, -0.25) is 10.1 Å². The first-order chi connectivity index (χ1) is 7.59. The smallest absolute Gasteiger partial charge is 0.272 e. The van der Waals surface area contributed by atoms with Crippen LogP contribution < -0.4 is 0 Å². The number of aryl methyl sites for hydroxylation is 2. The Hall–Kier alpha value is -2.10. The van der Waals surface area contributed by atoms with Crippen molar-refractivity contribution in [1.82, 2.24) is 4.57 Å². The van der Waals surface area contributed by atoms with Crippen molar-refractivity contribution in [3.8, 4) is 5.69 Å². The lowest BCUT2D eigenvalue weighted by molar-refractivity contribution is -0.385. The predicted octanol–water partition coefficient (Wildman–Crippen LogP) is 3.00. The number of rotatable bonds is 2. The molecule has 4 nitrogen and oxygen atoms in total. The molecule has 0 amide bonds. The highest BCUT2D eigenvalue weighted by molar-refractivity contribution is 5.53. The van der Waals surface area contributed by atoms with Gasteiger partial charge in [0.05, 0.1) is 4.92 Å². The number of nitro groups is 1. The van der Waals surface area contributed by atoms with E-state index in [-0.39, 0.29) is 10.6 Å². The molecule has 0 atom stereocenters. The maximum atomic E-state index is 10.8. The Morgan fingerprint density at radius 2 is 1.75 bits per heavy atom. The quantitative estimate of drug-likeness (QED) is 0.572. The first-order valence-electron chi connectivity index (χ1n) is 4.98. The van der Waals surface area contributed by atoms with E-state index in [1.165, 1.54) is 0 Å². The third-order valence-electron chi connectivity index (χ3n) is 2.59. The lowest BCUT2D eigenvalue weighted by Crippen LogP contribution is -1.98. The average molecular weight is 216 g/mol. The molecule has 0 saturated heterocycles. The Balaban J connectivity index is 2.59. The summed E-state index contributed by atoms with van der Waals surface area (Å²) in [5.74, 6) is 0. The van der Waals surface area contributed by atoms with E-state index in [1.54, 1.807) is 13.0 Å². The summed E-state index contributed by atoms with van der Waals surface area (Å²) in [6, 6.07) is 7.31. The van der Waals surface area contributed by atoms with Crippen molar-refractivity contribution >= 4 is 5.69 Å². The molecule has 0 unspecified atom stereocenters. The lowest BCUT2D eigenvalue weighted by Gasteiger charge is -2.08. The highest BCUT2D eigenvalue weighted by Crippen LogP contribution is 2.24. The summed E-state index contributed by atoms with van der Waals surface area (Å²) in [6.45, 7) is 3.63. The highest BCUT2D eigenvalue weighted by atomic mass is 16.6. The van der Waals surface area contributed by atoms with E-state index < -0.39 is 0 Å². The summed E-state index contributed by atoms with van der Waals surface area (Å²) < 4.78 is 1.95. The minimum absolute atomic E-state index is 0.174. The van der Waals surface area contributed by atoms with E-state index in [2.05, 4.69) is 0 Å². The number of hydrogen-bond donors (Lipinski definition) is 0. The lowest BCUT2D eigenvalue weighted by atomic mass is 10.1. The molecule has 4 heteroatoms. The Morgan fingerprint density at radius 3 is 2.31 bits per heavy atom. The van der Waals surface area contributed by atoms with Crippen molar-refractivity contribution < 1.29 is 4.92 Å².